The zero-order valence-electron chi connectivity index (χ0n) is 9.89. The summed E-state index contributed by atoms with van der Waals surface area (Å²) in [7, 11) is 1.90. The summed E-state index contributed by atoms with van der Waals surface area (Å²) in [5, 5.41) is 0. The maximum Gasteiger partial charge on any atom is 0.142 e. The summed E-state index contributed by atoms with van der Waals surface area (Å²) in [4.78, 5) is 4.45. The number of halogens is 1. The molecule has 2 N–H and O–H groups in total. The predicted molar refractivity (Wildman–Crippen MR) is 70.5 cm³/mol. The van der Waals surface area contributed by atoms with Crippen molar-refractivity contribution in [3.63, 3.8) is 0 Å². The minimum absolute atomic E-state index is 0.284. The van der Waals surface area contributed by atoms with Gasteiger partial charge < -0.3 is 10.3 Å². The molecule has 0 bridgehead atoms. The lowest BCUT2D eigenvalue weighted by Gasteiger charge is -2.05. The van der Waals surface area contributed by atoms with Crippen molar-refractivity contribution in [2.24, 2.45) is 7.05 Å². The van der Waals surface area contributed by atoms with E-state index in [0.29, 0.717) is 11.2 Å². The third-order valence-electron chi connectivity index (χ3n) is 3.04. The van der Waals surface area contributed by atoms with Gasteiger partial charge in [-0.1, -0.05) is 12.1 Å². The molecule has 3 nitrogen and oxygen atoms in total. The van der Waals surface area contributed by atoms with Crippen LogP contribution in [0.2, 0.25) is 0 Å². The van der Waals surface area contributed by atoms with Crippen molar-refractivity contribution in [1.82, 2.24) is 9.55 Å². The number of fused-ring (bicyclic) bond motifs is 1. The lowest BCUT2D eigenvalue weighted by Crippen LogP contribution is -1.96. The van der Waals surface area contributed by atoms with E-state index in [4.69, 9.17) is 5.73 Å². The number of benzene rings is 2. The summed E-state index contributed by atoms with van der Waals surface area (Å²) < 4.78 is 15.1. The zero-order valence-corrected chi connectivity index (χ0v) is 9.89. The van der Waals surface area contributed by atoms with Crippen LogP contribution >= 0.6 is 0 Å². The van der Waals surface area contributed by atoms with Crippen LogP contribution in [0.5, 0.6) is 0 Å². The van der Waals surface area contributed by atoms with Crippen LogP contribution in [0.3, 0.4) is 0 Å². The van der Waals surface area contributed by atoms with E-state index in [-0.39, 0.29) is 5.82 Å². The summed E-state index contributed by atoms with van der Waals surface area (Å²) in [5.41, 5.74) is 8.99. The molecule has 0 radical (unpaired) electrons. The Kier molecular flexibility index (Phi) is 2.30. The number of aromatic nitrogens is 2. The molecule has 0 atom stereocenters. The molecule has 90 valence electrons. The monoisotopic (exact) mass is 241 g/mol. The van der Waals surface area contributed by atoms with Gasteiger partial charge in [0, 0.05) is 24.4 Å². The van der Waals surface area contributed by atoms with Crippen molar-refractivity contribution >= 4 is 16.7 Å². The number of nitrogen functional groups attached to an aromatic ring is 1. The molecular weight excluding hydrogens is 229 g/mol. The maximum atomic E-state index is 13.2. The molecule has 3 rings (SSSR count). The molecule has 0 saturated heterocycles. The van der Waals surface area contributed by atoms with E-state index in [1.54, 1.807) is 6.07 Å². The van der Waals surface area contributed by atoms with Crippen LogP contribution in [0.15, 0.2) is 42.5 Å². The van der Waals surface area contributed by atoms with Gasteiger partial charge in [-0.25, -0.2) is 9.37 Å². The molecule has 3 aromatic rings. The highest BCUT2D eigenvalue weighted by atomic mass is 19.1. The van der Waals surface area contributed by atoms with Gasteiger partial charge in [-0.05, 0) is 24.3 Å². The Bertz CT molecular complexity index is 731. The van der Waals surface area contributed by atoms with Gasteiger partial charge in [0.25, 0.3) is 0 Å². The molecule has 0 spiro atoms. The fraction of sp³-hybridized carbons (Fsp3) is 0.0714. The topological polar surface area (TPSA) is 43.8 Å². The lowest BCUT2D eigenvalue weighted by atomic mass is 10.2. The van der Waals surface area contributed by atoms with E-state index in [1.807, 2.05) is 35.9 Å². The molecule has 0 unspecified atom stereocenters. The van der Waals surface area contributed by atoms with Crippen LogP contribution in [0, 0.1) is 5.82 Å². The number of nitrogens with two attached hydrogens (primary N) is 1. The van der Waals surface area contributed by atoms with Crippen molar-refractivity contribution in [2.75, 3.05) is 5.73 Å². The normalized spacial score (nSPS) is 11.0. The highest BCUT2D eigenvalue weighted by Crippen LogP contribution is 2.27. The number of para-hydroxylation sites is 1. The minimum atomic E-state index is -0.284. The van der Waals surface area contributed by atoms with Crippen LogP contribution in [-0.4, -0.2) is 9.55 Å². The van der Waals surface area contributed by atoms with Crippen LogP contribution < -0.4 is 5.73 Å². The molecule has 2 aromatic carbocycles. The first kappa shape index (κ1) is 10.8. The molecule has 0 fully saturated rings. The maximum absolute atomic E-state index is 13.2. The van der Waals surface area contributed by atoms with Gasteiger partial charge >= 0.3 is 0 Å². The summed E-state index contributed by atoms with van der Waals surface area (Å²) in [5.74, 6) is 0.460. The first-order chi connectivity index (χ1) is 8.66. The van der Waals surface area contributed by atoms with E-state index in [2.05, 4.69) is 4.98 Å². The highest BCUT2D eigenvalue weighted by Gasteiger charge is 2.12. The first-order valence-corrected chi connectivity index (χ1v) is 5.63. The smallest absolute Gasteiger partial charge is 0.142 e. The molecule has 0 aliphatic carbocycles. The largest absolute Gasteiger partial charge is 0.398 e. The van der Waals surface area contributed by atoms with E-state index in [1.165, 1.54) is 12.1 Å². The lowest BCUT2D eigenvalue weighted by molar-refractivity contribution is 0.629. The van der Waals surface area contributed by atoms with Crippen LogP contribution in [0.4, 0.5) is 10.1 Å². The molecule has 1 heterocycles. The SMILES string of the molecule is Cn1c(-c2ccccc2N)nc2cc(F)ccc21. The number of rotatable bonds is 1. The molecule has 0 saturated carbocycles. The number of nitrogens with zero attached hydrogens (tertiary/aromatic N) is 2. The minimum Gasteiger partial charge on any atom is -0.398 e. The average molecular weight is 241 g/mol. The van der Waals surface area contributed by atoms with Crippen molar-refractivity contribution in [2.45, 2.75) is 0 Å². The van der Waals surface area contributed by atoms with Crippen molar-refractivity contribution < 1.29 is 4.39 Å². The molecule has 4 heteroatoms. The second-order valence-electron chi connectivity index (χ2n) is 4.21. The summed E-state index contributed by atoms with van der Waals surface area (Å²) in [6, 6.07) is 12.1. The van der Waals surface area contributed by atoms with E-state index in [0.717, 1.165) is 16.9 Å². The third kappa shape index (κ3) is 1.54. The Morgan fingerprint density at radius 3 is 2.72 bits per heavy atom. The second kappa shape index (κ2) is 3.84. The van der Waals surface area contributed by atoms with Crippen molar-refractivity contribution in [3.8, 4) is 11.4 Å². The Morgan fingerprint density at radius 1 is 1.17 bits per heavy atom. The molecule has 0 aliphatic heterocycles. The highest BCUT2D eigenvalue weighted by molar-refractivity contribution is 5.83. The van der Waals surface area contributed by atoms with Gasteiger partial charge in [0.15, 0.2) is 0 Å². The van der Waals surface area contributed by atoms with E-state index < -0.39 is 0 Å². The van der Waals surface area contributed by atoms with E-state index in [9.17, 15) is 4.39 Å². The van der Waals surface area contributed by atoms with Gasteiger partial charge in [0.1, 0.15) is 11.6 Å². The van der Waals surface area contributed by atoms with Crippen molar-refractivity contribution in [1.29, 1.82) is 0 Å². The number of imidazole rings is 1. The Morgan fingerprint density at radius 2 is 1.94 bits per heavy atom. The molecular formula is C14H12FN3. The molecule has 1 aromatic heterocycles. The van der Waals surface area contributed by atoms with Gasteiger partial charge in [-0.2, -0.15) is 0 Å². The number of aryl methyl sites for hydroxylation is 1. The number of hydrogen-bond donors (Lipinski definition) is 1. The van der Waals surface area contributed by atoms with Gasteiger partial charge in [0.05, 0.1) is 11.0 Å². The van der Waals surface area contributed by atoms with Crippen LogP contribution in [0.1, 0.15) is 0 Å². The molecule has 0 aliphatic rings. The fourth-order valence-corrected chi connectivity index (χ4v) is 2.11. The van der Waals surface area contributed by atoms with Crippen molar-refractivity contribution in [3.05, 3.63) is 48.3 Å². The Labute approximate surface area is 104 Å². The standard InChI is InChI=1S/C14H12FN3/c1-18-13-7-6-9(15)8-12(13)17-14(18)10-4-2-3-5-11(10)16/h2-8H,16H2,1H3. The molecule has 0 amide bonds. The van der Waals surface area contributed by atoms with Gasteiger partial charge in [0.2, 0.25) is 0 Å². The second-order valence-corrected chi connectivity index (χ2v) is 4.21. The summed E-state index contributed by atoms with van der Waals surface area (Å²) in [6.07, 6.45) is 0. The Balaban J connectivity index is 2.31. The third-order valence-corrected chi connectivity index (χ3v) is 3.04. The average Bonchev–Trinajstić information content (AvgIpc) is 2.67. The first-order valence-electron chi connectivity index (χ1n) is 5.63. The van der Waals surface area contributed by atoms with Crippen LogP contribution in [-0.2, 0) is 7.05 Å². The number of anilines is 1. The number of hydrogen-bond acceptors (Lipinski definition) is 2. The van der Waals surface area contributed by atoms with Gasteiger partial charge in [-0.15, -0.1) is 0 Å². The van der Waals surface area contributed by atoms with Gasteiger partial charge in [-0.3, -0.25) is 0 Å². The Hall–Kier alpha value is -2.36. The van der Waals surface area contributed by atoms with E-state index >= 15 is 0 Å². The quantitative estimate of drug-likeness (QED) is 0.666. The zero-order chi connectivity index (χ0) is 12.7. The summed E-state index contributed by atoms with van der Waals surface area (Å²) >= 11 is 0. The predicted octanol–water partition coefficient (Wildman–Crippen LogP) is 2.96. The summed E-state index contributed by atoms with van der Waals surface area (Å²) in [6.45, 7) is 0. The van der Waals surface area contributed by atoms with Crippen LogP contribution in [0.25, 0.3) is 22.4 Å². The fourth-order valence-electron chi connectivity index (χ4n) is 2.11. The molecule has 18 heavy (non-hydrogen) atoms.